The molecule has 0 N–H and O–H groups in total. The van der Waals surface area contributed by atoms with Gasteiger partial charge in [0.25, 0.3) is 0 Å². The van der Waals surface area contributed by atoms with Crippen molar-refractivity contribution in [1.29, 1.82) is 0 Å². The quantitative estimate of drug-likeness (QED) is 0.398. The van der Waals surface area contributed by atoms with Crippen LogP contribution < -0.4 is 0 Å². The smallest absolute Gasteiger partial charge is 0.0766 e. The van der Waals surface area contributed by atoms with Crippen molar-refractivity contribution >= 4 is 23.5 Å². The van der Waals surface area contributed by atoms with Gasteiger partial charge in [0.15, 0.2) is 0 Å². The van der Waals surface area contributed by atoms with Crippen LogP contribution in [0.3, 0.4) is 0 Å². The summed E-state index contributed by atoms with van der Waals surface area (Å²) in [5.41, 5.74) is 0. The molecule has 0 saturated carbocycles. The predicted octanol–water partition coefficient (Wildman–Crippen LogP) is 5.96. The second kappa shape index (κ2) is 8.58. The third-order valence-corrected chi connectivity index (χ3v) is 18.4. The summed E-state index contributed by atoms with van der Waals surface area (Å²) >= 11 is 0. The highest BCUT2D eigenvalue weighted by Crippen LogP contribution is 2.67. The van der Waals surface area contributed by atoms with Crippen LogP contribution in [0.15, 0.2) is 0 Å². The van der Waals surface area contributed by atoms with Gasteiger partial charge in [-0.1, -0.05) is 27.5 Å². The van der Waals surface area contributed by atoms with Crippen LogP contribution in [0.5, 0.6) is 0 Å². The van der Waals surface area contributed by atoms with Crippen LogP contribution in [0, 0.1) is 0 Å². The van der Waals surface area contributed by atoms with E-state index in [9.17, 15) is 0 Å². The highest BCUT2D eigenvalue weighted by atomic mass is 32.2. The Bertz CT molecular complexity index is 240. The Morgan fingerprint density at radius 1 is 0.650 bits per heavy atom. The average Bonchev–Trinajstić information content (AvgIpc) is 2.11. The SMILES string of the molecule is CC(C)N(C(C)C)P(P[Si](C)(C)C)N(C(C)C)C(C)C. The highest BCUT2D eigenvalue weighted by Gasteiger charge is 2.35. The average molecular weight is 337 g/mol. The van der Waals surface area contributed by atoms with Crippen LogP contribution in [-0.4, -0.2) is 41.2 Å². The van der Waals surface area contributed by atoms with E-state index in [-0.39, 0.29) is 7.91 Å². The maximum absolute atomic E-state index is 2.80. The van der Waals surface area contributed by atoms with Gasteiger partial charge in [0.05, 0.1) is 15.7 Å². The summed E-state index contributed by atoms with van der Waals surface area (Å²) < 4.78 is 5.60. The van der Waals surface area contributed by atoms with Crippen molar-refractivity contribution in [3.05, 3.63) is 0 Å². The molecule has 1 unspecified atom stereocenters. The van der Waals surface area contributed by atoms with Crippen LogP contribution in [0.2, 0.25) is 19.6 Å². The molecule has 0 aliphatic carbocycles. The number of nitrogens with zero attached hydrogens (tertiary/aromatic N) is 2. The molecule has 20 heavy (non-hydrogen) atoms. The minimum Gasteiger partial charge on any atom is -0.262 e. The molecule has 0 spiro atoms. The van der Waals surface area contributed by atoms with Crippen molar-refractivity contribution in [1.82, 2.24) is 9.34 Å². The molecule has 0 aromatic carbocycles. The Morgan fingerprint density at radius 2 is 0.900 bits per heavy atom. The maximum Gasteiger partial charge on any atom is 0.0766 e. The Labute approximate surface area is 132 Å². The molecule has 0 radical (unpaired) electrons. The van der Waals surface area contributed by atoms with Crippen LogP contribution in [-0.2, 0) is 0 Å². The van der Waals surface area contributed by atoms with Crippen molar-refractivity contribution in [3.8, 4) is 0 Å². The molecule has 122 valence electrons. The van der Waals surface area contributed by atoms with E-state index in [0.717, 1.165) is 7.82 Å². The number of rotatable bonds is 8. The van der Waals surface area contributed by atoms with E-state index in [4.69, 9.17) is 0 Å². The molecule has 0 aliphatic rings. The third-order valence-electron chi connectivity index (χ3n) is 2.99. The first-order valence-corrected chi connectivity index (χ1v) is 15.6. The highest BCUT2D eigenvalue weighted by molar-refractivity contribution is 8.33. The van der Waals surface area contributed by atoms with Gasteiger partial charge in [-0.2, -0.15) is 0 Å². The Hall–Kier alpha value is 0.997. The monoisotopic (exact) mass is 336 g/mol. The third kappa shape index (κ3) is 6.84. The van der Waals surface area contributed by atoms with E-state index in [2.05, 4.69) is 84.4 Å². The first-order valence-electron chi connectivity index (χ1n) is 8.03. The van der Waals surface area contributed by atoms with Gasteiger partial charge in [-0.05, 0) is 55.4 Å². The second-order valence-electron chi connectivity index (χ2n) is 7.79. The van der Waals surface area contributed by atoms with Crippen molar-refractivity contribution in [2.24, 2.45) is 0 Å². The van der Waals surface area contributed by atoms with E-state index < -0.39 is 7.74 Å². The van der Waals surface area contributed by atoms with E-state index in [0.29, 0.717) is 24.2 Å². The lowest BCUT2D eigenvalue weighted by molar-refractivity contribution is 0.264. The minimum atomic E-state index is -1.06. The van der Waals surface area contributed by atoms with Gasteiger partial charge in [0, 0.05) is 24.2 Å². The fourth-order valence-electron chi connectivity index (χ4n) is 2.60. The van der Waals surface area contributed by atoms with E-state index in [1.165, 1.54) is 0 Å². The van der Waals surface area contributed by atoms with Gasteiger partial charge >= 0.3 is 0 Å². The summed E-state index contributed by atoms with van der Waals surface area (Å²) in [5, 5.41) is 0. The zero-order valence-corrected chi connectivity index (χ0v) is 18.5. The van der Waals surface area contributed by atoms with Gasteiger partial charge in [0.1, 0.15) is 0 Å². The molecular weight excluding hydrogens is 298 g/mol. The molecule has 0 aromatic rings. The van der Waals surface area contributed by atoms with Gasteiger partial charge in [0.2, 0.25) is 0 Å². The zero-order chi connectivity index (χ0) is 16.2. The lowest BCUT2D eigenvalue weighted by Gasteiger charge is -2.48. The Morgan fingerprint density at radius 3 is 1.05 bits per heavy atom. The molecule has 5 heteroatoms. The van der Waals surface area contributed by atoms with Gasteiger partial charge in [-0.25, -0.2) is 0 Å². The van der Waals surface area contributed by atoms with Gasteiger partial charge in [-0.3, -0.25) is 9.34 Å². The van der Waals surface area contributed by atoms with Crippen LogP contribution in [0.4, 0.5) is 0 Å². The molecule has 0 amide bonds. The topological polar surface area (TPSA) is 6.48 Å². The van der Waals surface area contributed by atoms with Gasteiger partial charge < -0.3 is 0 Å². The summed E-state index contributed by atoms with van der Waals surface area (Å²) in [4.78, 5) is 0. The van der Waals surface area contributed by atoms with Crippen molar-refractivity contribution < 1.29 is 0 Å². The number of hydrogen-bond acceptors (Lipinski definition) is 2. The molecule has 0 saturated heterocycles. The van der Waals surface area contributed by atoms with Crippen LogP contribution in [0.1, 0.15) is 55.4 Å². The molecule has 0 aliphatic heterocycles. The largest absolute Gasteiger partial charge is 0.262 e. The normalized spacial score (nSPS) is 14.7. The predicted molar refractivity (Wildman–Crippen MR) is 103 cm³/mol. The molecule has 0 aromatic heterocycles. The minimum absolute atomic E-state index is 0.177. The number of hydrogen-bond donors (Lipinski definition) is 0. The molecule has 0 heterocycles. The molecule has 0 rings (SSSR count). The van der Waals surface area contributed by atoms with Crippen molar-refractivity contribution in [2.45, 2.75) is 99.2 Å². The Kier molecular flexibility index (Phi) is 9.01. The fourth-order valence-corrected chi connectivity index (χ4v) is 18.2. The Balaban J connectivity index is 5.54. The summed E-state index contributed by atoms with van der Waals surface area (Å²) in [6.45, 7) is 26.5. The van der Waals surface area contributed by atoms with E-state index in [1.54, 1.807) is 0 Å². The lowest BCUT2D eigenvalue weighted by atomic mass is 10.3. The molecule has 1 atom stereocenters. The van der Waals surface area contributed by atoms with Crippen molar-refractivity contribution in [3.63, 3.8) is 0 Å². The standard InChI is InChI=1S/C15H38N2P2Si/c1-12(2)16(13(3)4)19(18-20(9,10)11)17(14(5)6)15(7)8/h12-15,18H,1-11H3. The second-order valence-corrected chi connectivity index (χ2v) is 22.4. The molecule has 0 bridgehead atoms. The fraction of sp³-hybridized carbons (Fsp3) is 1.00. The van der Waals surface area contributed by atoms with E-state index >= 15 is 0 Å². The maximum atomic E-state index is 2.80. The van der Waals surface area contributed by atoms with Gasteiger partial charge in [-0.15, -0.1) is 0 Å². The van der Waals surface area contributed by atoms with Crippen LogP contribution >= 0.6 is 15.7 Å². The van der Waals surface area contributed by atoms with Crippen LogP contribution in [0.25, 0.3) is 0 Å². The lowest BCUT2D eigenvalue weighted by Crippen LogP contribution is -2.42. The molecule has 0 fully saturated rings. The summed E-state index contributed by atoms with van der Waals surface area (Å²) in [6.07, 6.45) is 0. The summed E-state index contributed by atoms with van der Waals surface area (Å²) in [6, 6.07) is 2.52. The summed E-state index contributed by atoms with van der Waals surface area (Å²) in [7, 11) is -0.113. The first kappa shape index (κ1) is 21.0. The molecular formula is C15H38N2P2Si. The van der Waals surface area contributed by atoms with E-state index in [1.807, 2.05) is 0 Å². The molecule has 2 nitrogen and oxygen atoms in total. The first-order chi connectivity index (χ1) is 8.88. The van der Waals surface area contributed by atoms with Crippen molar-refractivity contribution in [2.75, 3.05) is 0 Å². The summed E-state index contributed by atoms with van der Waals surface area (Å²) in [5.74, 6) is 0. The zero-order valence-electron chi connectivity index (χ0n) is 15.7.